The number of anilines is 1. The Morgan fingerprint density at radius 1 is 0.966 bits per heavy atom. The third kappa shape index (κ3) is 3.92. The highest BCUT2D eigenvalue weighted by molar-refractivity contribution is 6.08. The van der Waals surface area contributed by atoms with E-state index < -0.39 is 6.09 Å². The number of nitrogens with zero attached hydrogens (tertiary/aromatic N) is 1. The first-order valence-corrected chi connectivity index (χ1v) is 9.73. The molecule has 0 radical (unpaired) electrons. The molecule has 1 aliphatic rings. The van der Waals surface area contributed by atoms with E-state index >= 15 is 0 Å². The molecule has 0 fully saturated rings. The molecule has 4 nitrogen and oxygen atoms in total. The zero-order valence-corrected chi connectivity index (χ0v) is 16.6. The number of Topliss-reactive ketones (excluding diaryl/α,β-unsaturated/α-hetero) is 1. The van der Waals surface area contributed by atoms with Gasteiger partial charge in [-0.3, -0.25) is 9.69 Å². The van der Waals surface area contributed by atoms with E-state index in [1.807, 2.05) is 86.6 Å². The van der Waals surface area contributed by atoms with Crippen LogP contribution in [0.3, 0.4) is 0 Å². The number of amides is 1. The number of ether oxygens (including phenoxy) is 1. The molecule has 4 rings (SSSR count). The Balaban J connectivity index is 1.70. The quantitative estimate of drug-likeness (QED) is 0.575. The monoisotopic (exact) mass is 385 g/mol. The molecule has 1 heterocycles. The largest absolute Gasteiger partial charge is 0.444 e. The Morgan fingerprint density at radius 2 is 1.66 bits per heavy atom. The second-order valence-corrected chi connectivity index (χ2v) is 7.48. The van der Waals surface area contributed by atoms with E-state index in [1.165, 1.54) is 0 Å². The van der Waals surface area contributed by atoms with Crippen molar-refractivity contribution in [3.8, 4) is 0 Å². The van der Waals surface area contributed by atoms with E-state index in [1.54, 1.807) is 4.90 Å². The fourth-order valence-corrected chi connectivity index (χ4v) is 3.70. The number of hydrogen-bond acceptors (Lipinski definition) is 3. The van der Waals surface area contributed by atoms with Crippen molar-refractivity contribution in [2.24, 2.45) is 0 Å². The van der Waals surface area contributed by atoms with Gasteiger partial charge in [0.1, 0.15) is 6.61 Å². The SMILES string of the molecule is Cc1ccc(C2CC(=O)c3cc(C)ccc3N2C(=O)OCc2ccccc2)cc1. The average Bonchev–Trinajstić information content (AvgIpc) is 2.73. The summed E-state index contributed by atoms with van der Waals surface area (Å²) in [5.74, 6) is 0.0429. The van der Waals surface area contributed by atoms with E-state index in [2.05, 4.69) is 0 Å². The summed E-state index contributed by atoms with van der Waals surface area (Å²) < 4.78 is 5.64. The molecule has 1 unspecified atom stereocenters. The summed E-state index contributed by atoms with van der Waals surface area (Å²) in [6, 6.07) is 22.8. The normalized spacial score (nSPS) is 15.7. The number of benzene rings is 3. The summed E-state index contributed by atoms with van der Waals surface area (Å²) in [6.07, 6.45) is -0.211. The lowest BCUT2D eigenvalue weighted by molar-refractivity contribution is 0.0961. The van der Waals surface area contributed by atoms with E-state index in [4.69, 9.17) is 4.74 Å². The van der Waals surface area contributed by atoms with Crippen LogP contribution in [0.5, 0.6) is 0 Å². The number of ketones is 1. The summed E-state index contributed by atoms with van der Waals surface area (Å²) >= 11 is 0. The minimum absolute atomic E-state index is 0.0429. The van der Waals surface area contributed by atoms with E-state index in [9.17, 15) is 9.59 Å². The Bertz CT molecular complexity index is 1040. The van der Waals surface area contributed by atoms with Crippen molar-refractivity contribution in [2.75, 3.05) is 4.90 Å². The molecular formula is C25H23NO3. The van der Waals surface area contributed by atoms with Gasteiger partial charge in [-0.05, 0) is 37.1 Å². The molecule has 0 saturated heterocycles. The van der Waals surface area contributed by atoms with Crippen LogP contribution >= 0.6 is 0 Å². The smallest absolute Gasteiger partial charge is 0.415 e. The third-order valence-electron chi connectivity index (χ3n) is 5.27. The lowest BCUT2D eigenvalue weighted by Crippen LogP contribution is -2.40. The van der Waals surface area contributed by atoms with Crippen molar-refractivity contribution in [3.05, 3.63) is 101 Å². The number of carbonyl (C=O) groups excluding carboxylic acids is 2. The number of fused-ring (bicyclic) bond motifs is 1. The van der Waals surface area contributed by atoms with Gasteiger partial charge in [0.2, 0.25) is 0 Å². The standard InChI is InChI=1S/C25H23NO3/c1-17-8-11-20(12-9-17)23-15-24(27)21-14-18(2)10-13-22(21)26(23)25(28)29-16-19-6-4-3-5-7-19/h3-14,23H,15-16H2,1-2H3. The molecule has 4 heteroatoms. The first kappa shape index (κ1) is 18.9. The lowest BCUT2D eigenvalue weighted by Gasteiger charge is -2.36. The van der Waals surface area contributed by atoms with Crippen LogP contribution in [0, 0.1) is 13.8 Å². The van der Waals surface area contributed by atoms with E-state index in [0.717, 1.165) is 22.3 Å². The molecule has 0 aromatic heterocycles. The minimum atomic E-state index is -0.447. The summed E-state index contributed by atoms with van der Waals surface area (Å²) in [5, 5.41) is 0. The van der Waals surface area contributed by atoms with Gasteiger partial charge < -0.3 is 4.74 Å². The predicted octanol–water partition coefficient (Wildman–Crippen LogP) is 5.77. The lowest BCUT2D eigenvalue weighted by atomic mass is 9.89. The Morgan fingerprint density at radius 3 is 2.38 bits per heavy atom. The molecular weight excluding hydrogens is 362 g/mol. The van der Waals surface area contributed by atoms with Crippen LogP contribution in [-0.4, -0.2) is 11.9 Å². The number of rotatable bonds is 3. The molecule has 3 aromatic rings. The second kappa shape index (κ2) is 7.92. The molecule has 1 atom stereocenters. The molecule has 3 aromatic carbocycles. The van der Waals surface area contributed by atoms with Crippen LogP contribution in [0.4, 0.5) is 10.5 Å². The van der Waals surface area contributed by atoms with Crippen LogP contribution in [-0.2, 0) is 11.3 Å². The van der Waals surface area contributed by atoms with Gasteiger partial charge in [0.05, 0.1) is 11.7 Å². The van der Waals surface area contributed by atoms with E-state index in [-0.39, 0.29) is 24.9 Å². The topological polar surface area (TPSA) is 46.6 Å². The van der Waals surface area contributed by atoms with Crippen molar-refractivity contribution in [3.63, 3.8) is 0 Å². The second-order valence-electron chi connectivity index (χ2n) is 7.48. The molecule has 0 bridgehead atoms. The maximum absolute atomic E-state index is 13.2. The summed E-state index contributed by atoms with van der Waals surface area (Å²) in [5.41, 5.74) is 5.14. The van der Waals surface area contributed by atoms with Gasteiger partial charge >= 0.3 is 6.09 Å². The van der Waals surface area contributed by atoms with Gasteiger partial charge in [-0.15, -0.1) is 0 Å². The first-order valence-electron chi connectivity index (χ1n) is 9.73. The molecule has 146 valence electrons. The number of hydrogen-bond donors (Lipinski definition) is 0. The molecule has 0 N–H and O–H groups in total. The molecule has 0 saturated carbocycles. The fourth-order valence-electron chi connectivity index (χ4n) is 3.70. The van der Waals surface area contributed by atoms with Crippen molar-refractivity contribution in [1.82, 2.24) is 0 Å². The maximum Gasteiger partial charge on any atom is 0.415 e. The molecule has 0 aliphatic carbocycles. The highest BCUT2D eigenvalue weighted by Gasteiger charge is 2.37. The maximum atomic E-state index is 13.2. The Hall–Kier alpha value is -3.40. The van der Waals surface area contributed by atoms with Crippen LogP contribution < -0.4 is 4.90 Å². The van der Waals surface area contributed by atoms with Gasteiger partial charge in [-0.2, -0.15) is 0 Å². The number of aryl methyl sites for hydroxylation is 2. The van der Waals surface area contributed by atoms with Crippen molar-refractivity contribution in [2.45, 2.75) is 32.9 Å². The van der Waals surface area contributed by atoms with Gasteiger partial charge in [-0.25, -0.2) is 4.79 Å². The first-order chi connectivity index (χ1) is 14.0. The third-order valence-corrected chi connectivity index (χ3v) is 5.27. The highest BCUT2D eigenvalue weighted by Crippen LogP contribution is 2.39. The van der Waals surface area contributed by atoms with Gasteiger partial charge in [-0.1, -0.05) is 71.8 Å². The zero-order chi connectivity index (χ0) is 20.4. The Kier molecular flexibility index (Phi) is 5.17. The zero-order valence-electron chi connectivity index (χ0n) is 16.6. The van der Waals surface area contributed by atoms with Gasteiger partial charge in [0, 0.05) is 12.0 Å². The van der Waals surface area contributed by atoms with Crippen LogP contribution in [0.15, 0.2) is 72.8 Å². The minimum Gasteiger partial charge on any atom is -0.444 e. The van der Waals surface area contributed by atoms with Crippen LogP contribution in [0.2, 0.25) is 0 Å². The molecule has 1 amide bonds. The molecule has 0 spiro atoms. The van der Waals surface area contributed by atoms with Crippen molar-refractivity contribution in [1.29, 1.82) is 0 Å². The Labute approximate surface area is 170 Å². The van der Waals surface area contributed by atoms with Crippen molar-refractivity contribution < 1.29 is 14.3 Å². The van der Waals surface area contributed by atoms with Gasteiger partial charge in [0.15, 0.2) is 5.78 Å². The van der Waals surface area contributed by atoms with Crippen molar-refractivity contribution >= 4 is 17.6 Å². The van der Waals surface area contributed by atoms with E-state index in [0.29, 0.717) is 11.3 Å². The molecule has 1 aliphatic heterocycles. The fraction of sp³-hybridized carbons (Fsp3) is 0.200. The number of carbonyl (C=O) groups is 2. The summed E-state index contributed by atoms with van der Waals surface area (Å²) in [6.45, 7) is 4.14. The summed E-state index contributed by atoms with van der Waals surface area (Å²) in [4.78, 5) is 27.7. The van der Waals surface area contributed by atoms with Crippen LogP contribution in [0.1, 0.15) is 45.1 Å². The predicted molar refractivity (Wildman–Crippen MR) is 113 cm³/mol. The average molecular weight is 385 g/mol. The van der Waals surface area contributed by atoms with Gasteiger partial charge in [0.25, 0.3) is 0 Å². The summed E-state index contributed by atoms with van der Waals surface area (Å²) in [7, 11) is 0. The van der Waals surface area contributed by atoms with Crippen LogP contribution in [0.25, 0.3) is 0 Å². The highest BCUT2D eigenvalue weighted by atomic mass is 16.6. The molecule has 29 heavy (non-hydrogen) atoms.